The van der Waals surface area contributed by atoms with E-state index in [2.05, 4.69) is 15.5 Å². The summed E-state index contributed by atoms with van der Waals surface area (Å²) in [5.41, 5.74) is 4.09. The van der Waals surface area contributed by atoms with Crippen LogP contribution in [0.2, 0.25) is 0 Å². The molecule has 0 atom stereocenters. The van der Waals surface area contributed by atoms with E-state index >= 15 is 0 Å². The molecule has 4 aromatic carbocycles. The van der Waals surface area contributed by atoms with Crippen molar-refractivity contribution in [3.8, 4) is 5.88 Å². The maximum atomic E-state index is 12.5. The van der Waals surface area contributed by atoms with Crippen LogP contribution in [0.5, 0.6) is 5.88 Å². The van der Waals surface area contributed by atoms with E-state index in [1.807, 2.05) is 78.9 Å². The van der Waals surface area contributed by atoms with Crippen LogP contribution in [0.3, 0.4) is 0 Å². The Balaban J connectivity index is 1.37. The molecule has 2 amide bonds. The van der Waals surface area contributed by atoms with Crippen LogP contribution in [0.4, 0.5) is 16.2 Å². The zero-order valence-electron chi connectivity index (χ0n) is 22.1. The number of urea groups is 1. The van der Waals surface area contributed by atoms with Crippen LogP contribution >= 0.6 is 11.8 Å². The molecule has 0 radical (unpaired) electrons. The van der Waals surface area contributed by atoms with Crippen molar-refractivity contribution in [2.24, 2.45) is 10.2 Å². The summed E-state index contributed by atoms with van der Waals surface area (Å²) in [6.45, 7) is 0.525. The van der Waals surface area contributed by atoms with Crippen LogP contribution in [0, 0.1) is 0 Å². The lowest BCUT2D eigenvalue weighted by molar-refractivity contribution is 0.0697. The van der Waals surface area contributed by atoms with Gasteiger partial charge in [-0.2, -0.15) is 0 Å². The number of nitrogens with one attached hydrogen (secondary N) is 1. The van der Waals surface area contributed by atoms with E-state index < -0.39 is 12.0 Å². The van der Waals surface area contributed by atoms with Gasteiger partial charge in [0.2, 0.25) is 5.88 Å². The Kier molecular flexibility index (Phi) is 8.76. The Hall–Kier alpha value is -4.89. The second-order valence-electron chi connectivity index (χ2n) is 9.34. The van der Waals surface area contributed by atoms with Gasteiger partial charge in [0.1, 0.15) is 0 Å². The minimum atomic E-state index is -0.941. The molecule has 0 aliphatic heterocycles. The molecule has 0 spiro atoms. The number of benzene rings is 4. The number of anilines is 1. The summed E-state index contributed by atoms with van der Waals surface area (Å²) in [5, 5.41) is 31.7. The number of hydrogen-bond acceptors (Lipinski definition) is 5. The Morgan fingerprint density at radius 3 is 2.22 bits per heavy atom. The van der Waals surface area contributed by atoms with Gasteiger partial charge in [0.25, 0.3) is 0 Å². The van der Waals surface area contributed by atoms with Gasteiger partial charge in [-0.05, 0) is 66.4 Å². The van der Waals surface area contributed by atoms with Crippen molar-refractivity contribution in [2.45, 2.75) is 24.3 Å². The number of azo groups is 1. The van der Waals surface area contributed by atoms with Crippen LogP contribution in [0.15, 0.2) is 118 Å². The Labute approximate surface area is 241 Å². The molecule has 206 valence electrons. The molecule has 1 aromatic heterocycles. The van der Waals surface area contributed by atoms with Gasteiger partial charge in [-0.25, -0.2) is 9.59 Å². The SMILES string of the molecule is O=C(N=Nc1c(O)n(CCc2ccccc2)c2ccc(SCCc3ccc(C(=O)O)cc3)cc12)Nc1ccccc1. The molecule has 8 nitrogen and oxygen atoms in total. The Morgan fingerprint density at radius 1 is 0.829 bits per heavy atom. The van der Waals surface area contributed by atoms with Gasteiger partial charge in [0, 0.05) is 28.3 Å². The summed E-state index contributed by atoms with van der Waals surface area (Å²) in [4.78, 5) is 24.5. The number of aromatic nitrogens is 1. The van der Waals surface area contributed by atoms with Crippen molar-refractivity contribution < 1.29 is 19.8 Å². The number of aromatic carboxylic acids is 1. The van der Waals surface area contributed by atoms with E-state index in [0.717, 1.165) is 33.7 Å². The average Bonchev–Trinajstić information content (AvgIpc) is 3.25. The minimum absolute atomic E-state index is 0.0483. The minimum Gasteiger partial charge on any atom is -0.493 e. The number of thioether (sulfide) groups is 1. The monoisotopic (exact) mass is 564 g/mol. The number of rotatable bonds is 10. The molecule has 0 saturated heterocycles. The standard InChI is InChI=1S/C32H28N4O4S/c37-30-29(34-35-32(40)33-25-9-5-2-6-10-25)27-21-26(41-20-18-23-11-13-24(14-12-23)31(38)39)15-16-28(27)36(30)19-17-22-7-3-1-4-8-22/h1-16,21,37H,17-20H2,(H,33,40)(H,38,39). The smallest absolute Gasteiger partial charge is 0.364 e. The number of amides is 2. The van der Waals surface area contributed by atoms with E-state index in [1.54, 1.807) is 40.6 Å². The van der Waals surface area contributed by atoms with Gasteiger partial charge >= 0.3 is 12.0 Å². The Morgan fingerprint density at radius 2 is 1.51 bits per heavy atom. The van der Waals surface area contributed by atoms with Crippen LogP contribution in [0.25, 0.3) is 10.9 Å². The second-order valence-corrected chi connectivity index (χ2v) is 10.5. The van der Waals surface area contributed by atoms with Crippen molar-refractivity contribution >= 4 is 46.0 Å². The van der Waals surface area contributed by atoms with Gasteiger partial charge < -0.3 is 20.1 Å². The molecule has 0 fully saturated rings. The summed E-state index contributed by atoms with van der Waals surface area (Å²) >= 11 is 1.64. The first-order valence-electron chi connectivity index (χ1n) is 13.1. The van der Waals surface area contributed by atoms with E-state index in [-0.39, 0.29) is 17.1 Å². The molecule has 0 bridgehead atoms. The third-order valence-electron chi connectivity index (χ3n) is 6.57. The second kappa shape index (κ2) is 13.0. The van der Waals surface area contributed by atoms with E-state index in [9.17, 15) is 14.7 Å². The van der Waals surface area contributed by atoms with Crippen molar-refractivity contribution in [3.05, 3.63) is 120 Å². The van der Waals surface area contributed by atoms with Gasteiger partial charge in [-0.15, -0.1) is 16.9 Å². The van der Waals surface area contributed by atoms with Crippen LogP contribution < -0.4 is 5.32 Å². The van der Waals surface area contributed by atoms with Gasteiger partial charge in [-0.1, -0.05) is 65.8 Å². The number of carbonyl (C=O) groups excluding carboxylic acids is 1. The predicted molar refractivity (Wildman–Crippen MR) is 162 cm³/mol. The van der Waals surface area contributed by atoms with Crippen molar-refractivity contribution in [1.82, 2.24) is 4.57 Å². The largest absolute Gasteiger partial charge is 0.493 e. The van der Waals surface area contributed by atoms with Gasteiger partial charge in [0.15, 0.2) is 5.69 Å². The highest BCUT2D eigenvalue weighted by molar-refractivity contribution is 7.99. The first kappa shape index (κ1) is 27.7. The molecule has 5 aromatic rings. The highest BCUT2D eigenvalue weighted by Gasteiger charge is 2.18. The lowest BCUT2D eigenvalue weighted by atomic mass is 10.1. The molecule has 0 unspecified atom stereocenters. The normalized spacial score (nSPS) is 11.2. The quantitative estimate of drug-likeness (QED) is 0.118. The number of hydrogen-bond donors (Lipinski definition) is 3. The Bertz CT molecular complexity index is 1680. The van der Waals surface area contributed by atoms with Crippen molar-refractivity contribution in [3.63, 3.8) is 0 Å². The van der Waals surface area contributed by atoms with Crippen LogP contribution in [-0.2, 0) is 19.4 Å². The van der Waals surface area contributed by atoms with E-state index in [0.29, 0.717) is 24.0 Å². The fourth-order valence-corrected chi connectivity index (χ4v) is 5.41. The fraction of sp³-hybridized carbons (Fsp3) is 0.125. The molecule has 41 heavy (non-hydrogen) atoms. The highest BCUT2D eigenvalue weighted by Crippen LogP contribution is 2.41. The first-order chi connectivity index (χ1) is 20.0. The summed E-state index contributed by atoms with van der Waals surface area (Å²) in [6.07, 6.45) is 1.47. The summed E-state index contributed by atoms with van der Waals surface area (Å²) in [5.74, 6) is -0.217. The number of aromatic hydroxyl groups is 1. The number of aryl methyl sites for hydroxylation is 3. The number of carboxylic acid groups (broad SMARTS) is 1. The highest BCUT2D eigenvalue weighted by atomic mass is 32.2. The fourth-order valence-electron chi connectivity index (χ4n) is 4.47. The zero-order valence-corrected chi connectivity index (χ0v) is 22.9. The molecule has 5 rings (SSSR count). The lowest BCUT2D eigenvalue weighted by Crippen LogP contribution is -2.04. The molecular formula is C32H28N4O4S. The molecule has 0 saturated carbocycles. The van der Waals surface area contributed by atoms with E-state index in [1.165, 1.54) is 0 Å². The topological polar surface area (TPSA) is 116 Å². The van der Waals surface area contributed by atoms with Gasteiger partial charge in [0.05, 0.1) is 11.1 Å². The maximum Gasteiger partial charge on any atom is 0.364 e. The number of para-hydroxylation sites is 1. The predicted octanol–water partition coefficient (Wildman–Crippen LogP) is 7.94. The van der Waals surface area contributed by atoms with Gasteiger partial charge in [-0.3, -0.25) is 0 Å². The summed E-state index contributed by atoms with van der Waals surface area (Å²) < 4.78 is 1.80. The maximum absolute atomic E-state index is 12.5. The van der Waals surface area contributed by atoms with Crippen LogP contribution in [-0.4, -0.2) is 32.5 Å². The van der Waals surface area contributed by atoms with Crippen molar-refractivity contribution in [1.29, 1.82) is 0 Å². The third kappa shape index (κ3) is 7.01. The number of carbonyl (C=O) groups is 2. The first-order valence-corrected chi connectivity index (χ1v) is 14.1. The summed E-state index contributed by atoms with van der Waals surface area (Å²) in [6, 6.07) is 31.2. The summed E-state index contributed by atoms with van der Waals surface area (Å²) in [7, 11) is 0. The van der Waals surface area contributed by atoms with Crippen LogP contribution in [0.1, 0.15) is 21.5 Å². The molecule has 1 heterocycles. The number of nitrogens with zero attached hydrogens (tertiary/aromatic N) is 3. The zero-order chi connectivity index (χ0) is 28.6. The molecule has 0 aliphatic carbocycles. The van der Waals surface area contributed by atoms with Crippen molar-refractivity contribution in [2.75, 3.05) is 11.1 Å². The lowest BCUT2D eigenvalue weighted by Gasteiger charge is -2.08. The third-order valence-corrected chi connectivity index (χ3v) is 7.57. The molecule has 9 heteroatoms. The molecule has 0 aliphatic rings. The average molecular weight is 565 g/mol. The number of carboxylic acids is 1. The van der Waals surface area contributed by atoms with E-state index in [4.69, 9.17) is 5.11 Å². The molecule has 3 N–H and O–H groups in total. The molecular weight excluding hydrogens is 536 g/mol. The number of fused-ring (bicyclic) bond motifs is 1.